The van der Waals surface area contributed by atoms with E-state index in [9.17, 15) is 4.79 Å². The first-order valence-corrected chi connectivity index (χ1v) is 7.40. The van der Waals surface area contributed by atoms with E-state index in [0.29, 0.717) is 0 Å². The van der Waals surface area contributed by atoms with Crippen molar-refractivity contribution in [2.75, 3.05) is 23.3 Å². The van der Waals surface area contributed by atoms with Crippen LogP contribution in [0.2, 0.25) is 0 Å². The van der Waals surface area contributed by atoms with Crippen molar-refractivity contribution < 1.29 is 4.79 Å². The van der Waals surface area contributed by atoms with Gasteiger partial charge in [-0.15, -0.1) is 11.6 Å². The molecule has 1 N–H and O–H groups in total. The minimum Gasteiger partial charge on any atom is -0.372 e. The minimum atomic E-state index is -0.509. The van der Waals surface area contributed by atoms with Gasteiger partial charge in [-0.25, -0.2) is 0 Å². The zero-order valence-corrected chi connectivity index (χ0v) is 12.1. The maximum Gasteiger partial charge on any atom is 0.242 e. The van der Waals surface area contributed by atoms with Crippen LogP contribution in [0.4, 0.5) is 11.4 Å². The first kappa shape index (κ1) is 14.2. The van der Waals surface area contributed by atoms with Crippen LogP contribution < -0.4 is 10.2 Å². The van der Waals surface area contributed by atoms with Gasteiger partial charge in [0.05, 0.1) is 0 Å². The Morgan fingerprint density at radius 2 is 1.74 bits per heavy atom. The SMILES string of the molecule is CC(Cl)C(=O)Nc1ccc(N2CCCCCC2)cc1. The molecule has 0 aromatic heterocycles. The molecule has 1 amide bonds. The van der Waals surface area contributed by atoms with E-state index in [-0.39, 0.29) is 5.91 Å². The van der Waals surface area contributed by atoms with Crippen LogP contribution in [0.3, 0.4) is 0 Å². The summed E-state index contributed by atoms with van der Waals surface area (Å²) in [5, 5.41) is 2.29. The fraction of sp³-hybridized carbons (Fsp3) is 0.533. The number of carbonyl (C=O) groups excluding carboxylic acids is 1. The Labute approximate surface area is 119 Å². The molecule has 1 unspecified atom stereocenters. The topological polar surface area (TPSA) is 32.3 Å². The molecule has 3 nitrogen and oxygen atoms in total. The molecule has 104 valence electrons. The zero-order chi connectivity index (χ0) is 13.7. The molecular weight excluding hydrogens is 260 g/mol. The van der Waals surface area contributed by atoms with Gasteiger partial charge in [0.15, 0.2) is 0 Å². The Balaban J connectivity index is 1.99. The summed E-state index contributed by atoms with van der Waals surface area (Å²) in [6.45, 7) is 3.93. The molecule has 0 saturated carbocycles. The Bertz CT molecular complexity index is 409. The Hall–Kier alpha value is -1.22. The van der Waals surface area contributed by atoms with Gasteiger partial charge in [-0.2, -0.15) is 0 Å². The molecule has 1 saturated heterocycles. The summed E-state index contributed by atoms with van der Waals surface area (Å²) in [4.78, 5) is 13.9. The molecule has 0 spiro atoms. The van der Waals surface area contributed by atoms with E-state index in [1.165, 1.54) is 31.4 Å². The number of hydrogen-bond donors (Lipinski definition) is 1. The van der Waals surface area contributed by atoms with Gasteiger partial charge < -0.3 is 10.2 Å². The number of nitrogens with zero attached hydrogens (tertiary/aromatic N) is 1. The highest BCUT2D eigenvalue weighted by atomic mass is 35.5. The van der Waals surface area contributed by atoms with Gasteiger partial charge in [-0.05, 0) is 44.0 Å². The summed E-state index contributed by atoms with van der Waals surface area (Å²) in [6, 6.07) is 8.02. The third kappa shape index (κ3) is 4.13. The Morgan fingerprint density at radius 1 is 1.16 bits per heavy atom. The predicted molar refractivity (Wildman–Crippen MR) is 81.1 cm³/mol. The van der Waals surface area contributed by atoms with Crippen molar-refractivity contribution >= 4 is 28.9 Å². The number of alkyl halides is 1. The molecule has 0 bridgehead atoms. The molecule has 0 radical (unpaired) electrons. The number of amides is 1. The highest BCUT2D eigenvalue weighted by Gasteiger charge is 2.11. The van der Waals surface area contributed by atoms with Gasteiger partial charge in [-0.1, -0.05) is 12.8 Å². The van der Waals surface area contributed by atoms with Gasteiger partial charge in [-0.3, -0.25) is 4.79 Å². The van der Waals surface area contributed by atoms with Gasteiger partial charge >= 0.3 is 0 Å². The third-order valence-electron chi connectivity index (χ3n) is 3.47. The maximum atomic E-state index is 11.5. The van der Waals surface area contributed by atoms with Crippen LogP contribution in [-0.4, -0.2) is 24.4 Å². The molecule has 19 heavy (non-hydrogen) atoms. The van der Waals surface area contributed by atoms with Gasteiger partial charge in [0.25, 0.3) is 0 Å². The standard InChI is InChI=1S/C15H21ClN2O/c1-12(16)15(19)17-13-6-8-14(9-7-13)18-10-4-2-3-5-11-18/h6-9,12H,2-5,10-11H2,1H3,(H,17,19). The summed E-state index contributed by atoms with van der Waals surface area (Å²) in [5.74, 6) is -0.163. The lowest BCUT2D eigenvalue weighted by atomic mass is 10.2. The third-order valence-corrected chi connectivity index (χ3v) is 3.67. The molecule has 0 aliphatic carbocycles. The highest BCUT2D eigenvalue weighted by Crippen LogP contribution is 2.21. The van der Waals surface area contributed by atoms with Crippen molar-refractivity contribution in [3.8, 4) is 0 Å². The summed E-state index contributed by atoms with van der Waals surface area (Å²) < 4.78 is 0. The van der Waals surface area contributed by atoms with Crippen LogP contribution in [0.5, 0.6) is 0 Å². The second-order valence-electron chi connectivity index (χ2n) is 5.05. The second kappa shape index (κ2) is 6.80. The normalized spacial score (nSPS) is 17.7. The minimum absolute atomic E-state index is 0.163. The number of nitrogens with one attached hydrogen (secondary N) is 1. The fourth-order valence-corrected chi connectivity index (χ4v) is 2.38. The number of anilines is 2. The zero-order valence-electron chi connectivity index (χ0n) is 11.4. The van der Waals surface area contributed by atoms with Crippen LogP contribution in [-0.2, 0) is 4.79 Å². The number of rotatable bonds is 3. The predicted octanol–water partition coefficient (Wildman–Crippen LogP) is 3.63. The molecule has 1 fully saturated rings. The summed E-state index contributed by atoms with van der Waals surface area (Å²) in [6.07, 6.45) is 5.20. The van der Waals surface area contributed by atoms with Crippen molar-refractivity contribution in [1.82, 2.24) is 0 Å². The van der Waals surface area contributed by atoms with Crippen LogP contribution in [0, 0.1) is 0 Å². The maximum absolute atomic E-state index is 11.5. The number of hydrogen-bond acceptors (Lipinski definition) is 2. The van der Waals surface area contributed by atoms with Gasteiger partial charge in [0, 0.05) is 24.5 Å². The van der Waals surface area contributed by atoms with E-state index < -0.39 is 5.38 Å². The molecule has 1 heterocycles. The number of benzene rings is 1. The highest BCUT2D eigenvalue weighted by molar-refractivity contribution is 6.32. The lowest BCUT2D eigenvalue weighted by Gasteiger charge is -2.22. The average molecular weight is 281 g/mol. The number of carbonyl (C=O) groups is 1. The molecular formula is C15H21ClN2O. The Morgan fingerprint density at radius 3 is 2.26 bits per heavy atom. The smallest absolute Gasteiger partial charge is 0.242 e. The van der Waals surface area contributed by atoms with E-state index in [4.69, 9.17) is 11.6 Å². The van der Waals surface area contributed by atoms with E-state index >= 15 is 0 Å². The lowest BCUT2D eigenvalue weighted by Crippen LogP contribution is -2.24. The molecule has 1 atom stereocenters. The molecule has 4 heteroatoms. The molecule has 1 aliphatic heterocycles. The van der Waals surface area contributed by atoms with Crippen molar-refractivity contribution in [1.29, 1.82) is 0 Å². The molecule has 1 aromatic rings. The van der Waals surface area contributed by atoms with Crippen molar-refractivity contribution in [2.45, 2.75) is 38.0 Å². The molecule has 2 rings (SSSR count). The van der Waals surface area contributed by atoms with Gasteiger partial charge in [0.2, 0.25) is 5.91 Å². The summed E-state index contributed by atoms with van der Waals surface area (Å²) in [7, 11) is 0. The monoisotopic (exact) mass is 280 g/mol. The van der Waals surface area contributed by atoms with Gasteiger partial charge in [0.1, 0.15) is 5.38 Å². The van der Waals surface area contributed by atoms with Crippen molar-refractivity contribution in [3.05, 3.63) is 24.3 Å². The van der Waals surface area contributed by atoms with Crippen molar-refractivity contribution in [3.63, 3.8) is 0 Å². The van der Waals surface area contributed by atoms with Crippen LogP contribution in [0.1, 0.15) is 32.6 Å². The molecule has 1 aliphatic rings. The van der Waals surface area contributed by atoms with E-state index in [1.54, 1.807) is 6.92 Å². The van der Waals surface area contributed by atoms with E-state index in [1.807, 2.05) is 12.1 Å². The van der Waals surface area contributed by atoms with Crippen molar-refractivity contribution in [2.24, 2.45) is 0 Å². The summed E-state index contributed by atoms with van der Waals surface area (Å²) >= 11 is 5.73. The average Bonchev–Trinajstić information content (AvgIpc) is 2.68. The second-order valence-corrected chi connectivity index (χ2v) is 5.71. The van der Waals surface area contributed by atoms with Crippen LogP contribution in [0.15, 0.2) is 24.3 Å². The lowest BCUT2D eigenvalue weighted by molar-refractivity contribution is -0.115. The van der Waals surface area contributed by atoms with E-state index in [2.05, 4.69) is 22.3 Å². The first-order valence-electron chi connectivity index (χ1n) is 6.97. The quantitative estimate of drug-likeness (QED) is 0.858. The summed E-state index contributed by atoms with van der Waals surface area (Å²) in [5.41, 5.74) is 2.04. The fourth-order valence-electron chi connectivity index (χ4n) is 2.33. The first-order chi connectivity index (χ1) is 9.16. The van der Waals surface area contributed by atoms with Crippen LogP contribution in [0.25, 0.3) is 0 Å². The largest absolute Gasteiger partial charge is 0.372 e. The molecule has 1 aromatic carbocycles. The van der Waals surface area contributed by atoms with Crippen LogP contribution >= 0.6 is 11.6 Å². The Kier molecular flexibility index (Phi) is 5.08. The number of halogens is 1. The van der Waals surface area contributed by atoms with E-state index in [0.717, 1.165) is 18.8 Å².